The number of carbonyl (C=O) groups is 4. The van der Waals surface area contributed by atoms with Crippen LogP contribution >= 0.6 is 11.6 Å². The summed E-state index contributed by atoms with van der Waals surface area (Å²) in [4.78, 5) is 40.7. The number of rotatable bonds is 11. The number of likely N-dealkylation sites (tertiary alicyclic amines) is 1. The molecule has 37 heavy (non-hydrogen) atoms. The molecular formula is C25H35ClN2O9. The Hall–Kier alpha value is -3.41. The highest BCUT2D eigenvalue weighted by molar-refractivity contribution is 6.30. The molecule has 12 heteroatoms. The summed E-state index contributed by atoms with van der Waals surface area (Å²) in [6.07, 6.45) is 6.77. The summed E-state index contributed by atoms with van der Waals surface area (Å²) in [7, 11) is 0. The zero-order valence-electron chi connectivity index (χ0n) is 20.7. The minimum Gasteiger partial charge on any atom is -0.493 e. The quantitative estimate of drug-likeness (QED) is 0.258. The summed E-state index contributed by atoms with van der Waals surface area (Å²) < 4.78 is 5.83. The van der Waals surface area contributed by atoms with Crippen molar-refractivity contribution in [1.82, 2.24) is 4.90 Å². The average molecular weight is 543 g/mol. The second kappa shape index (κ2) is 19.7. The molecule has 1 fully saturated rings. The fraction of sp³-hybridized carbons (Fsp3) is 0.440. The molecule has 0 aromatic heterocycles. The topological polar surface area (TPSA) is 188 Å². The lowest BCUT2D eigenvalue weighted by molar-refractivity contribution is -0.134. The number of nitrogens with zero attached hydrogens (tertiary/aromatic N) is 1. The van der Waals surface area contributed by atoms with Crippen molar-refractivity contribution >= 4 is 35.5 Å². The van der Waals surface area contributed by atoms with E-state index in [0.717, 1.165) is 49.9 Å². The molecule has 1 aliphatic heterocycles. The van der Waals surface area contributed by atoms with Crippen LogP contribution in [0.15, 0.2) is 42.5 Å². The zero-order chi connectivity index (χ0) is 28.2. The van der Waals surface area contributed by atoms with Gasteiger partial charge in [0.05, 0.1) is 6.61 Å². The minimum atomic E-state index is -1.26. The van der Waals surface area contributed by atoms with Gasteiger partial charge in [-0.15, -0.1) is 0 Å². The number of ether oxygens (including phenoxy) is 1. The standard InChI is InChI=1S/C17H27ClN2O.2C4H4O4/c1-2-10-21-17-6-5-16(18)11-15(17)7-9-20-8-3-4-14(12-19)13-20;2*5-3(6)1-2-4(7)8/h5-6,11,14H,2-4,7-10,12-13,19H2,1H3;2*1-2H,(H,5,6)(H,7,8)/b;2*2-1+/t14-;;/m0../s1. The van der Waals surface area contributed by atoms with Crippen LogP contribution in [0.5, 0.6) is 5.75 Å². The lowest BCUT2D eigenvalue weighted by Crippen LogP contribution is -2.39. The van der Waals surface area contributed by atoms with E-state index in [4.69, 9.17) is 42.5 Å². The average Bonchev–Trinajstić information content (AvgIpc) is 2.85. The van der Waals surface area contributed by atoms with Crippen molar-refractivity contribution < 1.29 is 44.3 Å². The summed E-state index contributed by atoms with van der Waals surface area (Å²) in [5.74, 6) is -3.39. The summed E-state index contributed by atoms with van der Waals surface area (Å²) in [5.41, 5.74) is 7.02. The van der Waals surface area contributed by atoms with Gasteiger partial charge in [-0.05, 0) is 68.5 Å². The molecule has 1 heterocycles. The van der Waals surface area contributed by atoms with E-state index in [1.54, 1.807) is 0 Å². The highest BCUT2D eigenvalue weighted by Gasteiger charge is 2.18. The fourth-order valence-corrected chi connectivity index (χ4v) is 3.40. The smallest absolute Gasteiger partial charge is 0.328 e. The fourth-order valence-electron chi connectivity index (χ4n) is 3.21. The van der Waals surface area contributed by atoms with Crippen molar-refractivity contribution in [3.63, 3.8) is 0 Å². The Labute approximate surface area is 220 Å². The van der Waals surface area contributed by atoms with Gasteiger partial charge in [-0.1, -0.05) is 18.5 Å². The molecule has 6 N–H and O–H groups in total. The molecule has 1 saturated heterocycles. The van der Waals surface area contributed by atoms with Gasteiger partial charge < -0.3 is 35.8 Å². The molecule has 206 valence electrons. The van der Waals surface area contributed by atoms with Crippen LogP contribution in [-0.2, 0) is 25.6 Å². The SMILES string of the molecule is CCCOc1ccc(Cl)cc1CCN1CCC[C@@H](CN)C1.O=C(O)/C=C/C(=O)O.O=C(O)/C=C/C(=O)O. The van der Waals surface area contributed by atoms with E-state index in [1.165, 1.54) is 24.9 Å². The predicted octanol–water partition coefficient (Wildman–Crippen LogP) is 2.77. The molecule has 0 saturated carbocycles. The van der Waals surface area contributed by atoms with Crippen molar-refractivity contribution in [2.45, 2.75) is 32.6 Å². The first-order valence-electron chi connectivity index (χ1n) is 11.6. The number of aliphatic carboxylic acids is 4. The Bertz CT molecular complexity index is 869. The van der Waals surface area contributed by atoms with Gasteiger partial charge in [-0.25, -0.2) is 19.2 Å². The van der Waals surface area contributed by atoms with Gasteiger partial charge >= 0.3 is 23.9 Å². The van der Waals surface area contributed by atoms with Crippen molar-refractivity contribution in [2.75, 3.05) is 32.8 Å². The number of carboxylic acid groups (broad SMARTS) is 4. The number of piperidine rings is 1. The highest BCUT2D eigenvalue weighted by Crippen LogP contribution is 2.24. The van der Waals surface area contributed by atoms with E-state index >= 15 is 0 Å². The Balaban J connectivity index is 0.000000669. The van der Waals surface area contributed by atoms with Crippen molar-refractivity contribution in [1.29, 1.82) is 0 Å². The van der Waals surface area contributed by atoms with E-state index in [0.29, 0.717) is 30.2 Å². The summed E-state index contributed by atoms with van der Waals surface area (Å²) in [6.45, 7) is 7.05. The van der Waals surface area contributed by atoms with Crippen molar-refractivity contribution in [3.05, 3.63) is 53.1 Å². The normalized spacial score (nSPS) is 15.3. The van der Waals surface area contributed by atoms with Crippen LogP contribution in [0.2, 0.25) is 5.02 Å². The van der Waals surface area contributed by atoms with Crippen LogP contribution in [0.4, 0.5) is 0 Å². The number of benzene rings is 1. The molecule has 11 nitrogen and oxygen atoms in total. The second-order valence-corrected chi connectivity index (χ2v) is 8.35. The third kappa shape index (κ3) is 18.5. The van der Waals surface area contributed by atoms with Crippen LogP contribution in [0.1, 0.15) is 31.7 Å². The molecule has 1 aromatic carbocycles. The lowest BCUT2D eigenvalue weighted by atomic mass is 9.98. The van der Waals surface area contributed by atoms with Crippen molar-refractivity contribution in [2.24, 2.45) is 11.7 Å². The largest absolute Gasteiger partial charge is 0.493 e. The van der Waals surface area contributed by atoms with E-state index < -0.39 is 23.9 Å². The molecule has 1 aliphatic rings. The monoisotopic (exact) mass is 542 g/mol. The summed E-state index contributed by atoms with van der Waals surface area (Å²) in [6, 6.07) is 5.94. The van der Waals surface area contributed by atoms with Gasteiger partial charge in [0.2, 0.25) is 0 Å². The van der Waals surface area contributed by atoms with Crippen molar-refractivity contribution in [3.8, 4) is 5.75 Å². The maximum atomic E-state index is 9.55. The molecule has 0 spiro atoms. The first-order chi connectivity index (χ1) is 17.5. The van der Waals surface area contributed by atoms with Gasteiger partial charge in [-0.3, -0.25) is 0 Å². The summed E-state index contributed by atoms with van der Waals surface area (Å²) >= 11 is 6.13. The molecule has 0 unspecified atom stereocenters. The third-order valence-corrected chi connectivity index (χ3v) is 5.09. The van der Waals surface area contributed by atoms with Gasteiger partial charge in [0.15, 0.2) is 0 Å². The van der Waals surface area contributed by atoms with Crippen LogP contribution in [0, 0.1) is 5.92 Å². The van der Waals surface area contributed by atoms with Crippen LogP contribution in [-0.4, -0.2) is 82.0 Å². The Morgan fingerprint density at radius 3 is 2.03 bits per heavy atom. The molecule has 2 rings (SSSR count). The molecule has 0 radical (unpaired) electrons. The zero-order valence-corrected chi connectivity index (χ0v) is 21.5. The third-order valence-electron chi connectivity index (χ3n) is 4.86. The predicted molar refractivity (Wildman–Crippen MR) is 138 cm³/mol. The molecule has 1 atom stereocenters. The van der Waals surface area contributed by atoms with Gasteiger partial charge in [-0.2, -0.15) is 0 Å². The number of hydrogen-bond acceptors (Lipinski definition) is 7. The van der Waals surface area contributed by atoms with Crippen LogP contribution in [0.25, 0.3) is 0 Å². The maximum absolute atomic E-state index is 9.55. The van der Waals surface area contributed by atoms with Gasteiger partial charge in [0.1, 0.15) is 5.75 Å². The number of carboxylic acids is 4. The second-order valence-electron chi connectivity index (χ2n) is 7.91. The molecule has 0 aliphatic carbocycles. The number of hydrogen-bond donors (Lipinski definition) is 5. The highest BCUT2D eigenvalue weighted by atomic mass is 35.5. The summed E-state index contributed by atoms with van der Waals surface area (Å²) in [5, 5.41) is 32.0. The molecule has 0 amide bonds. The van der Waals surface area contributed by atoms with Gasteiger partial charge in [0.25, 0.3) is 0 Å². The van der Waals surface area contributed by atoms with E-state index in [1.807, 2.05) is 18.2 Å². The Morgan fingerprint density at radius 1 is 1.03 bits per heavy atom. The lowest BCUT2D eigenvalue weighted by Gasteiger charge is -2.32. The minimum absolute atomic E-state index is 0.558. The first-order valence-corrected chi connectivity index (χ1v) is 12.0. The Kier molecular flexibility index (Phi) is 17.9. The number of halogens is 1. The molecule has 0 bridgehead atoms. The van der Waals surface area contributed by atoms with Gasteiger partial charge in [0, 0.05) is 42.4 Å². The van der Waals surface area contributed by atoms with E-state index in [2.05, 4.69) is 11.8 Å². The Morgan fingerprint density at radius 2 is 1.57 bits per heavy atom. The molecular weight excluding hydrogens is 508 g/mol. The maximum Gasteiger partial charge on any atom is 0.328 e. The van der Waals surface area contributed by atoms with E-state index in [9.17, 15) is 19.2 Å². The first kappa shape index (κ1) is 33.6. The van der Waals surface area contributed by atoms with Crippen LogP contribution in [0.3, 0.4) is 0 Å². The molecule has 1 aromatic rings. The number of nitrogens with two attached hydrogens (primary N) is 1. The van der Waals surface area contributed by atoms with E-state index in [-0.39, 0.29) is 0 Å². The van der Waals surface area contributed by atoms with Crippen LogP contribution < -0.4 is 10.5 Å².